The second kappa shape index (κ2) is 4.49. The van der Waals surface area contributed by atoms with Crippen LogP contribution in [0.15, 0.2) is 0 Å². The number of cyclic esters (lactones) is 1. The molecule has 1 amide bonds. The van der Waals surface area contributed by atoms with Crippen molar-refractivity contribution in [2.45, 2.75) is 50.9 Å². The number of rotatable bonds is 2. The van der Waals surface area contributed by atoms with Gasteiger partial charge in [-0.15, -0.1) is 0 Å². The summed E-state index contributed by atoms with van der Waals surface area (Å²) in [5, 5.41) is 12.4. The molecule has 0 spiro atoms. The van der Waals surface area contributed by atoms with E-state index in [-0.39, 0.29) is 6.61 Å². The van der Waals surface area contributed by atoms with Crippen LogP contribution in [0.2, 0.25) is 0 Å². The van der Waals surface area contributed by atoms with E-state index in [4.69, 9.17) is 14.2 Å². The zero-order valence-electron chi connectivity index (χ0n) is 10.5. The van der Waals surface area contributed by atoms with E-state index in [0.29, 0.717) is 0 Å². The molecular weight excluding hydrogens is 242 g/mol. The van der Waals surface area contributed by atoms with Gasteiger partial charge < -0.3 is 24.6 Å². The molecule has 0 bridgehead atoms. The second-order valence-electron chi connectivity index (χ2n) is 4.94. The first-order valence-electron chi connectivity index (χ1n) is 5.77. The zero-order chi connectivity index (χ0) is 13.5. The highest BCUT2D eigenvalue weighted by atomic mass is 16.8. The molecule has 0 saturated carbocycles. The highest BCUT2D eigenvalue weighted by Gasteiger charge is 2.51. The van der Waals surface area contributed by atoms with Gasteiger partial charge in [0, 0.05) is 6.92 Å². The molecule has 0 radical (unpaired) electrons. The fourth-order valence-electron chi connectivity index (χ4n) is 2.14. The Morgan fingerprint density at radius 3 is 2.67 bits per heavy atom. The minimum Gasteiger partial charge on any atom is -0.455 e. The van der Waals surface area contributed by atoms with Gasteiger partial charge in [-0.3, -0.25) is 4.79 Å². The second-order valence-corrected chi connectivity index (χ2v) is 4.94. The molecule has 2 N–H and O–H groups in total. The number of carbonyl (C=O) groups excluding carboxylic acids is 2. The van der Waals surface area contributed by atoms with Gasteiger partial charge in [0.15, 0.2) is 17.9 Å². The van der Waals surface area contributed by atoms with Crippen LogP contribution in [-0.2, 0) is 23.8 Å². The van der Waals surface area contributed by atoms with Crippen molar-refractivity contribution in [3.05, 3.63) is 0 Å². The molecule has 7 nitrogen and oxygen atoms in total. The molecular formula is C11H17NO6. The maximum absolute atomic E-state index is 11.6. The molecule has 2 aliphatic heterocycles. The van der Waals surface area contributed by atoms with E-state index >= 15 is 0 Å². The first-order valence-corrected chi connectivity index (χ1v) is 5.77. The SMILES string of the molecule is CC(=O)N[C@H]1C(=O)O[C@H]([C@H]2COC(C)(C)O2)[C@@H]1O. The molecule has 2 fully saturated rings. The number of nitrogens with one attached hydrogen (secondary N) is 1. The van der Waals surface area contributed by atoms with E-state index in [0.717, 1.165) is 0 Å². The van der Waals surface area contributed by atoms with Crippen LogP contribution in [0.5, 0.6) is 0 Å². The van der Waals surface area contributed by atoms with E-state index in [1.807, 2.05) is 0 Å². The number of hydrogen-bond donors (Lipinski definition) is 2. The number of esters is 1. The molecule has 18 heavy (non-hydrogen) atoms. The van der Waals surface area contributed by atoms with Gasteiger partial charge in [0.1, 0.15) is 12.2 Å². The van der Waals surface area contributed by atoms with Gasteiger partial charge in [-0.1, -0.05) is 0 Å². The molecule has 0 aromatic carbocycles. The molecule has 7 heteroatoms. The fraction of sp³-hybridized carbons (Fsp3) is 0.818. The van der Waals surface area contributed by atoms with Gasteiger partial charge in [-0.25, -0.2) is 4.79 Å². The summed E-state index contributed by atoms with van der Waals surface area (Å²) in [5.41, 5.74) is 0. The summed E-state index contributed by atoms with van der Waals surface area (Å²) in [5.74, 6) is -1.82. The maximum Gasteiger partial charge on any atom is 0.331 e. The highest BCUT2D eigenvalue weighted by molar-refractivity contribution is 5.85. The van der Waals surface area contributed by atoms with E-state index in [1.54, 1.807) is 13.8 Å². The van der Waals surface area contributed by atoms with Crippen LogP contribution in [0, 0.1) is 0 Å². The van der Waals surface area contributed by atoms with Gasteiger partial charge in [0.2, 0.25) is 5.91 Å². The highest BCUT2D eigenvalue weighted by Crippen LogP contribution is 2.30. The third kappa shape index (κ3) is 2.47. The van der Waals surface area contributed by atoms with Crippen molar-refractivity contribution >= 4 is 11.9 Å². The maximum atomic E-state index is 11.6. The van der Waals surface area contributed by atoms with Crippen molar-refractivity contribution in [1.82, 2.24) is 5.32 Å². The lowest BCUT2D eigenvalue weighted by Crippen LogP contribution is -2.48. The van der Waals surface area contributed by atoms with Gasteiger partial charge in [-0.05, 0) is 13.8 Å². The lowest BCUT2D eigenvalue weighted by molar-refractivity contribution is -0.166. The van der Waals surface area contributed by atoms with Crippen molar-refractivity contribution < 1.29 is 28.9 Å². The number of carbonyl (C=O) groups is 2. The Hall–Kier alpha value is -1.18. The number of aliphatic hydroxyl groups is 1. The first kappa shape index (κ1) is 13.3. The minimum absolute atomic E-state index is 0.231. The van der Waals surface area contributed by atoms with Crippen molar-refractivity contribution in [2.75, 3.05) is 6.61 Å². The smallest absolute Gasteiger partial charge is 0.331 e. The van der Waals surface area contributed by atoms with E-state index in [9.17, 15) is 14.7 Å². The third-order valence-electron chi connectivity index (χ3n) is 2.94. The Kier molecular flexibility index (Phi) is 3.31. The summed E-state index contributed by atoms with van der Waals surface area (Å²) in [4.78, 5) is 22.5. The molecule has 4 atom stereocenters. The summed E-state index contributed by atoms with van der Waals surface area (Å²) in [6.07, 6.45) is -2.49. The quantitative estimate of drug-likeness (QED) is 0.613. The van der Waals surface area contributed by atoms with Crippen LogP contribution in [0.4, 0.5) is 0 Å². The van der Waals surface area contributed by atoms with Crippen LogP contribution in [-0.4, -0.2) is 53.7 Å². The van der Waals surface area contributed by atoms with Crippen molar-refractivity contribution in [2.24, 2.45) is 0 Å². The zero-order valence-corrected chi connectivity index (χ0v) is 10.5. The molecule has 2 aliphatic rings. The van der Waals surface area contributed by atoms with Crippen LogP contribution >= 0.6 is 0 Å². The molecule has 0 aromatic heterocycles. The molecule has 0 unspecified atom stereocenters. The molecule has 0 aliphatic carbocycles. The van der Waals surface area contributed by atoms with Crippen LogP contribution < -0.4 is 5.32 Å². The average molecular weight is 259 g/mol. The lowest BCUT2D eigenvalue weighted by atomic mass is 10.0. The lowest BCUT2D eigenvalue weighted by Gasteiger charge is -2.22. The predicted molar refractivity (Wildman–Crippen MR) is 58.4 cm³/mol. The van der Waals surface area contributed by atoms with Gasteiger partial charge in [-0.2, -0.15) is 0 Å². The van der Waals surface area contributed by atoms with Crippen LogP contribution in [0.1, 0.15) is 20.8 Å². The average Bonchev–Trinajstić information content (AvgIpc) is 2.72. The van der Waals surface area contributed by atoms with Gasteiger partial charge in [0.25, 0.3) is 0 Å². The molecule has 2 saturated heterocycles. The van der Waals surface area contributed by atoms with E-state index in [2.05, 4.69) is 5.32 Å². The summed E-state index contributed by atoms with van der Waals surface area (Å²) in [7, 11) is 0. The van der Waals surface area contributed by atoms with Crippen LogP contribution in [0.3, 0.4) is 0 Å². The molecule has 2 heterocycles. The number of amides is 1. The van der Waals surface area contributed by atoms with E-state index in [1.165, 1.54) is 6.92 Å². The number of ether oxygens (including phenoxy) is 3. The largest absolute Gasteiger partial charge is 0.455 e. The van der Waals surface area contributed by atoms with Gasteiger partial charge in [0.05, 0.1) is 6.61 Å². The topological polar surface area (TPSA) is 94.1 Å². The molecule has 2 rings (SSSR count). The summed E-state index contributed by atoms with van der Waals surface area (Å²) >= 11 is 0. The summed E-state index contributed by atoms with van der Waals surface area (Å²) < 4.78 is 15.9. The Morgan fingerprint density at radius 1 is 1.50 bits per heavy atom. The molecule has 0 aromatic rings. The van der Waals surface area contributed by atoms with Crippen molar-refractivity contribution in [3.63, 3.8) is 0 Å². The Bertz CT molecular complexity index is 369. The van der Waals surface area contributed by atoms with Crippen molar-refractivity contribution in [1.29, 1.82) is 0 Å². The molecule has 102 valence electrons. The monoisotopic (exact) mass is 259 g/mol. The number of aliphatic hydroxyl groups excluding tert-OH is 1. The van der Waals surface area contributed by atoms with Crippen molar-refractivity contribution in [3.8, 4) is 0 Å². The third-order valence-corrected chi connectivity index (χ3v) is 2.94. The minimum atomic E-state index is -1.14. The van der Waals surface area contributed by atoms with Gasteiger partial charge >= 0.3 is 5.97 Å². The first-order chi connectivity index (χ1) is 8.30. The number of hydrogen-bond acceptors (Lipinski definition) is 6. The standard InChI is InChI=1S/C11H17NO6/c1-5(13)12-7-8(14)9(17-10(7)15)6-4-16-11(2,3)18-6/h6-9,14H,4H2,1-3H3,(H,12,13)/t6-,7-,8-,9-/m1/s1. The summed E-state index contributed by atoms with van der Waals surface area (Å²) in [6.45, 7) is 4.98. The normalized spacial score (nSPS) is 38.6. The Balaban J connectivity index is 2.04. The van der Waals surface area contributed by atoms with E-state index < -0.39 is 42.0 Å². The Labute approximate surface area is 104 Å². The fourth-order valence-corrected chi connectivity index (χ4v) is 2.14. The predicted octanol–water partition coefficient (Wildman–Crippen LogP) is -1.07. The van der Waals surface area contributed by atoms with Crippen LogP contribution in [0.25, 0.3) is 0 Å². The summed E-state index contributed by atoms with van der Waals surface area (Å²) in [6, 6.07) is -1.04. The Morgan fingerprint density at radius 2 is 2.17 bits per heavy atom.